The molecule has 0 atom stereocenters. The van der Waals surface area contributed by atoms with Gasteiger partial charge in [0.2, 0.25) is 0 Å². The summed E-state index contributed by atoms with van der Waals surface area (Å²) in [6, 6.07) is 6.81. The Morgan fingerprint density at radius 3 is 2.50 bits per heavy atom. The predicted octanol–water partition coefficient (Wildman–Crippen LogP) is 3.95. The molecule has 2 heterocycles. The number of carbonyl (C=O) groups is 2. The van der Waals surface area contributed by atoms with Crippen LogP contribution in [-0.4, -0.2) is 41.0 Å². The lowest BCUT2D eigenvalue weighted by atomic mass is 9.83. The molecule has 3 aliphatic rings. The molecular formula is C22H31ClN2O3. The van der Waals surface area contributed by atoms with E-state index < -0.39 is 5.97 Å². The first kappa shape index (κ1) is 21.1. The third-order valence-corrected chi connectivity index (χ3v) is 6.80. The van der Waals surface area contributed by atoms with E-state index in [0.717, 1.165) is 57.3 Å². The van der Waals surface area contributed by atoms with Gasteiger partial charge in [0.25, 0.3) is 5.91 Å². The molecule has 1 amide bonds. The molecule has 0 radical (unpaired) electrons. The fraction of sp³-hybridized carbons (Fsp3) is 0.636. The highest BCUT2D eigenvalue weighted by Crippen LogP contribution is 2.36. The van der Waals surface area contributed by atoms with Gasteiger partial charge in [0.1, 0.15) is 0 Å². The Kier molecular flexibility index (Phi) is 7.00. The molecule has 0 aromatic heterocycles. The highest BCUT2D eigenvalue weighted by Gasteiger charge is 2.35. The van der Waals surface area contributed by atoms with Gasteiger partial charge in [-0.1, -0.05) is 12.1 Å². The maximum absolute atomic E-state index is 12.9. The van der Waals surface area contributed by atoms with Gasteiger partial charge < -0.3 is 15.3 Å². The molecular weight excluding hydrogens is 376 g/mol. The van der Waals surface area contributed by atoms with E-state index >= 15 is 0 Å². The van der Waals surface area contributed by atoms with Crippen LogP contribution in [0.3, 0.4) is 0 Å². The molecule has 2 N–H and O–H groups in total. The molecule has 2 fully saturated rings. The number of carboxylic acids is 1. The van der Waals surface area contributed by atoms with E-state index in [9.17, 15) is 9.59 Å². The van der Waals surface area contributed by atoms with Crippen LogP contribution in [0.1, 0.15) is 78.8 Å². The number of carbonyl (C=O) groups excluding carboxylic acids is 1. The summed E-state index contributed by atoms with van der Waals surface area (Å²) in [5.74, 6) is 0.608. The van der Waals surface area contributed by atoms with Crippen LogP contribution < -0.4 is 5.32 Å². The van der Waals surface area contributed by atoms with Crippen molar-refractivity contribution in [3.05, 3.63) is 34.9 Å². The quantitative estimate of drug-likeness (QED) is 0.776. The second-order valence-corrected chi connectivity index (χ2v) is 8.48. The standard InChI is InChI=1S/C22H30N2O3.ClH/c25-21(26)8-3-15-1-5-19(6-2-15)24-14-18-13-17(4-7-20(18)22(24)27)16-9-11-23-12-10-16;/h4,7,13,15-16,19,23H,1-3,5-6,8-12,14H2,(H,25,26);1H/t15-,19-;. The third kappa shape index (κ3) is 4.52. The van der Waals surface area contributed by atoms with Gasteiger partial charge in [-0.2, -0.15) is 0 Å². The average Bonchev–Trinajstić information content (AvgIpc) is 3.03. The van der Waals surface area contributed by atoms with Gasteiger partial charge in [-0.15, -0.1) is 12.4 Å². The first-order valence-corrected chi connectivity index (χ1v) is 10.5. The predicted molar refractivity (Wildman–Crippen MR) is 111 cm³/mol. The first-order chi connectivity index (χ1) is 13.1. The highest BCUT2D eigenvalue weighted by molar-refractivity contribution is 5.98. The number of aliphatic carboxylic acids is 1. The van der Waals surface area contributed by atoms with Crippen LogP contribution in [0.4, 0.5) is 0 Å². The zero-order chi connectivity index (χ0) is 18.8. The Morgan fingerprint density at radius 2 is 1.82 bits per heavy atom. The molecule has 0 spiro atoms. The number of hydrogen-bond donors (Lipinski definition) is 2. The SMILES string of the molecule is Cl.O=C(O)CC[C@H]1CC[C@H](N2Cc3cc(C4CCNCC4)ccc3C2=O)CC1. The van der Waals surface area contributed by atoms with Gasteiger partial charge in [0, 0.05) is 24.6 Å². The summed E-state index contributed by atoms with van der Waals surface area (Å²) in [5, 5.41) is 12.3. The van der Waals surface area contributed by atoms with Gasteiger partial charge in [-0.25, -0.2) is 0 Å². The summed E-state index contributed by atoms with van der Waals surface area (Å²) in [6.07, 6.45) is 7.49. The third-order valence-electron chi connectivity index (χ3n) is 6.80. The number of carboxylic acid groups (broad SMARTS) is 1. The Bertz CT molecular complexity index is 710. The molecule has 28 heavy (non-hydrogen) atoms. The average molecular weight is 407 g/mol. The van der Waals surface area contributed by atoms with Gasteiger partial charge in [0.15, 0.2) is 0 Å². The van der Waals surface area contributed by atoms with E-state index in [1.165, 1.54) is 24.0 Å². The van der Waals surface area contributed by atoms with Crippen LogP contribution in [0, 0.1) is 5.92 Å². The molecule has 1 aromatic rings. The van der Waals surface area contributed by atoms with Crippen molar-refractivity contribution in [1.82, 2.24) is 10.2 Å². The number of hydrogen-bond acceptors (Lipinski definition) is 3. The summed E-state index contributed by atoms with van der Waals surface area (Å²) in [6.45, 7) is 2.91. The summed E-state index contributed by atoms with van der Waals surface area (Å²) in [5.41, 5.74) is 3.48. The fourth-order valence-corrected chi connectivity index (χ4v) is 5.14. The van der Waals surface area contributed by atoms with Crippen molar-refractivity contribution in [2.75, 3.05) is 13.1 Å². The summed E-state index contributed by atoms with van der Waals surface area (Å²) < 4.78 is 0. The highest BCUT2D eigenvalue weighted by atomic mass is 35.5. The zero-order valence-corrected chi connectivity index (χ0v) is 17.2. The minimum atomic E-state index is -0.702. The molecule has 1 aliphatic carbocycles. The Labute approximate surface area is 173 Å². The molecule has 6 heteroatoms. The molecule has 1 saturated heterocycles. The number of halogens is 1. The Hall–Kier alpha value is -1.59. The number of fused-ring (bicyclic) bond motifs is 1. The normalized spacial score (nSPS) is 25.3. The van der Waals surface area contributed by atoms with Gasteiger partial charge >= 0.3 is 5.97 Å². The lowest BCUT2D eigenvalue weighted by Crippen LogP contribution is -2.38. The minimum absolute atomic E-state index is 0. The number of nitrogens with one attached hydrogen (secondary N) is 1. The van der Waals surface area contributed by atoms with Crippen molar-refractivity contribution < 1.29 is 14.7 Å². The molecule has 154 valence electrons. The van der Waals surface area contributed by atoms with Crippen LogP contribution in [-0.2, 0) is 11.3 Å². The second-order valence-electron chi connectivity index (χ2n) is 8.48. The summed E-state index contributed by atoms with van der Waals surface area (Å²) in [7, 11) is 0. The van der Waals surface area contributed by atoms with E-state index in [0.29, 0.717) is 17.9 Å². The van der Waals surface area contributed by atoms with Crippen molar-refractivity contribution >= 4 is 24.3 Å². The van der Waals surface area contributed by atoms with Crippen LogP contribution in [0.25, 0.3) is 0 Å². The van der Waals surface area contributed by atoms with Gasteiger partial charge in [-0.05, 0) is 87.1 Å². The smallest absolute Gasteiger partial charge is 0.303 e. The molecule has 1 saturated carbocycles. The molecule has 0 unspecified atom stereocenters. The monoisotopic (exact) mass is 406 g/mol. The maximum Gasteiger partial charge on any atom is 0.303 e. The van der Waals surface area contributed by atoms with E-state index in [1.54, 1.807) is 0 Å². The molecule has 0 bridgehead atoms. The van der Waals surface area contributed by atoms with Gasteiger partial charge in [0.05, 0.1) is 0 Å². The van der Waals surface area contributed by atoms with Crippen LogP contribution in [0.15, 0.2) is 18.2 Å². The van der Waals surface area contributed by atoms with Crippen LogP contribution in [0.2, 0.25) is 0 Å². The number of nitrogens with zero attached hydrogens (tertiary/aromatic N) is 1. The number of rotatable bonds is 5. The minimum Gasteiger partial charge on any atom is -0.481 e. The van der Waals surface area contributed by atoms with E-state index in [4.69, 9.17) is 5.11 Å². The van der Waals surface area contributed by atoms with Gasteiger partial charge in [-0.3, -0.25) is 9.59 Å². The Morgan fingerprint density at radius 1 is 1.11 bits per heavy atom. The van der Waals surface area contributed by atoms with Crippen LogP contribution in [0.5, 0.6) is 0 Å². The lowest BCUT2D eigenvalue weighted by molar-refractivity contribution is -0.137. The van der Waals surface area contributed by atoms with E-state index in [2.05, 4.69) is 22.3 Å². The van der Waals surface area contributed by atoms with E-state index in [1.807, 2.05) is 6.07 Å². The summed E-state index contributed by atoms with van der Waals surface area (Å²) in [4.78, 5) is 25.8. The zero-order valence-electron chi connectivity index (χ0n) is 16.4. The van der Waals surface area contributed by atoms with Crippen molar-refractivity contribution in [2.45, 2.75) is 69.9 Å². The van der Waals surface area contributed by atoms with Crippen molar-refractivity contribution in [1.29, 1.82) is 0 Å². The second kappa shape index (κ2) is 9.27. The van der Waals surface area contributed by atoms with E-state index in [-0.39, 0.29) is 24.7 Å². The molecule has 2 aliphatic heterocycles. The number of benzene rings is 1. The molecule has 4 rings (SSSR count). The Balaban J connectivity index is 0.00000225. The molecule has 5 nitrogen and oxygen atoms in total. The number of amides is 1. The largest absolute Gasteiger partial charge is 0.481 e. The van der Waals surface area contributed by atoms with Crippen LogP contribution >= 0.6 is 12.4 Å². The lowest BCUT2D eigenvalue weighted by Gasteiger charge is -2.34. The first-order valence-electron chi connectivity index (χ1n) is 10.5. The fourth-order valence-electron chi connectivity index (χ4n) is 5.14. The molecule has 1 aromatic carbocycles. The van der Waals surface area contributed by atoms with Crippen molar-refractivity contribution in [3.63, 3.8) is 0 Å². The summed E-state index contributed by atoms with van der Waals surface area (Å²) >= 11 is 0. The number of piperidine rings is 1. The van der Waals surface area contributed by atoms with Crippen molar-refractivity contribution in [3.8, 4) is 0 Å². The topological polar surface area (TPSA) is 69.6 Å². The maximum atomic E-state index is 12.9. The van der Waals surface area contributed by atoms with Crippen molar-refractivity contribution in [2.24, 2.45) is 5.92 Å².